The number of unbranched alkanes of at least 4 members (excludes halogenated alkanes) is 1. The van der Waals surface area contributed by atoms with E-state index in [-0.39, 0.29) is 6.42 Å². The predicted molar refractivity (Wildman–Crippen MR) is 40.3 cm³/mol. The molecule has 0 saturated carbocycles. The summed E-state index contributed by atoms with van der Waals surface area (Å²) in [6.45, 7) is 1.93. The van der Waals surface area contributed by atoms with Gasteiger partial charge in [-0.1, -0.05) is 13.3 Å². The van der Waals surface area contributed by atoms with Crippen LogP contribution in [0.4, 0.5) is 0 Å². The quantitative estimate of drug-likeness (QED) is 0.526. The van der Waals surface area contributed by atoms with E-state index in [0.717, 1.165) is 6.42 Å². The van der Waals surface area contributed by atoms with E-state index in [1.54, 1.807) is 0 Å². The van der Waals surface area contributed by atoms with Crippen molar-refractivity contribution in [2.75, 3.05) is 0 Å². The highest BCUT2D eigenvalue weighted by Crippen LogP contribution is 2.77. The normalized spacial score (nSPS) is 46.1. The summed E-state index contributed by atoms with van der Waals surface area (Å²) < 4.78 is 24.9. The Morgan fingerprint density at radius 2 is 1.92 bits per heavy atom. The number of phosphoric ester groups is 1. The van der Waals surface area contributed by atoms with Crippen molar-refractivity contribution in [1.29, 1.82) is 0 Å². The number of fused-ring (bicyclic) bond motifs is 1. The van der Waals surface area contributed by atoms with Gasteiger partial charge in [0.2, 0.25) is 0 Å². The Hall–Kier alpha value is 0.0300. The molecule has 0 aromatic heterocycles. The van der Waals surface area contributed by atoms with E-state index in [1.165, 1.54) is 0 Å². The highest BCUT2D eigenvalue weighted by molar-refractivity contribution is 7.50. The van der Waals surface area contributed by atoms with Crippen molar-refractivity contribution in [1.82, 2.24) is 0 Å². The van der Waals surface area contributed by atoms with Crippen LogP contribution in [-0.4, -0.2) is 22.0 Å². The van der Waals surface area contributed by atoms with Gasteiger partial charge >= 0.3 is 13.8 Å². The van der Waals surface area contributed by atoms with Gasteiger partial charge < -0.3 is 10.2 Å². The first kappa shape index (κ1) is 9.58. The summed E-state index contributed by atoms with van der Waals surface area (Å²) in [5, 5.41) is 18.5. The number of hydrogen-bond acceptors (Lipinski definition) is 6. The number of aliphatic hydroxyl groups is 2. The molecule has 3 aliphatic heterocycles. The van der Waals surface area contributed by atoms with Gasteiger partial charge in [0.05, 0.1) is 0 Å². The Balaban J connectivity index is 2.13. The average molecular weight is 210 g/mol. The monoisotopic (exact) mass is 210 g/mol. The molecule has 0 amide bonds. The zero-order valence-electron chi connectivity index (χ0n) is 7.10. The van der Waals surface area contributed by atoms with Crippen LogP contribution in [0.1, 0.15) is 26.2 Å². The molecule has 0 aliphatic carbocycles. The molecular formula is C6H11O6P. The summed E-state index contributed by atoms with van der Waals surface area (Å²) in [7, 11) is -3.63. The average Bonchev–Trinajstić information content (AvgIpc) is 2.24. The second-order valence-electron chi connectivity index (χ2n) is 3.19. The SMILES string of the molecule is CCCCC12OP(=O)(OC1(O)O)O2. The Labute approximate surface area is 75.0 Å². The van der Waals surface area contributed by atoms with Gasteiger partial charge in [-0.2, -0.15) is 0 Å². The van der Waals surface area contributed by atoms with Gasteiger partial charge in [0.25, 0.3) is 5.79 Å². The molecule has 0 spiro atoms. The third-order valence-corrected chi connectivity index (χ3v) is 3.63. The van der Waals surface area contributed by atoms with Crippen molar-refractivity contribution in [3.63, 3.8) is 0 Å². The van der Waals surface area contributed by atoms with E-state index in [4.69, 9.17) is 9.05 Å². The zero-order valence-corrected chi connectivity index (χ0v) is 7.99. The predicted octanol–water partition coefficient (Wildman–Crippen LogP) is 0.696. The van der Waals surface area contributed by atoms with Crippen LogP contribution in [-0.2, 0) is 18.1 Å². The van der Waals surface area contributed by atoms with Crippen LogP contribution in [0.5, 0.6) is 0 Å². The molecule has 6 nitrogen and oxygen atoms in total. The van der Waals surface area contributed by atoms with E-state index < -0.39 is 19.6 Å². The Morgan fingerprint density at radius 1 is 1.31 bits per heavy atom. The molecule has 0 unspecified atom stereocenters. The molecule has 3 aliphatic rings. The molecular weight excluding hydrogens is 199 g/mol. The van der Waals surface area contributed by atoms with E-state index in [9.17, 15) is 14.8 Å². The summed E-state index contributed by atoms with van der Waals surface area (Å²) in [5.41, 5.74) is 0. The number of rotatable bonds is 3. The molecule has 3 fully saturated rings. The van der Waals surface area contributed by atoms with Crippen molar-refractivity contribution in [2.45, 2.75) is 37.9 Å². The van der Waals surface area contributed by atoms with Crippen LogP contribution in [0, 0.1) is 0 Å². The van der Waals surface area contributed by atoms with Gasteiger partial charge in [-0.15, -0.1) is 0 Å². The van der Waals surface area contributed by atoms with Gasteiger partial charge in [-0.05, 0) is 6.42 Å². The second-order valence-corrected chi connectivity index (χ2v) is 4.63. The van der Waals surface area contributed by atoms with E-state index in [2.05, 4.69) is 4.52 Å². The summed E-state index contributed by atoms with van der Waals surface area (Å²) in [4.78, 5) is 0. The van der Waals surface area contributed by atoms with Crippen molar-refractivity contribution in [3.8, 4) is 0 Å². The molecule has 7 heteroatoms. The Kier molecular flexibility index (Phi) is 1.87. The molecule has 2 bridgehead atoms. The van der Waals surface area contributed by atoms with Crippen LogP contribution < -0.4 is 0 Å². The topological polar surface area (TPSA) is 85.2 Å². The summed E-state index contributed by atoms with van der Waals surface area (Å²) in [5.74, 6) is -4.20. The molecule has 3 rings (SSSR count). The summed E-state index contributed by atoms with van der Waals surface area (Å²) in [6, 6.07) is 0. The number of phosphoric acid groups is 1. The molecule has 0 atom stereocenters. The molecule has 13 heavy (non-hydrogen) atoms. The second kappa shape index (κ2) is 2.53. The smallest absolute Gasteiger partial charge is 0.339 e. The molecule has 76 valence electrons. The lowest BCUT2D eigenvalue weighted by atomic mass is 10.1. The third-order valence-electron chi connectivity index (χ3n) is 2.11. The third kappa shape index (κ3) is 1.18. The van der Waals surface area contributed by atoms with Crippen LogP contribution in [0.2, 0.25) is 0 Å². The molecule has 0 aromatic rings. The minimum absolute atomic E-state index is 0.250. The van der Waals surface area contributed by atoms with Crippen molar-refractivity contribution >= 4 is 7.82 Å². The van der Waals surface area contributed by atoms with Crippen LogP contribution in [0.25, 0.3) is 0 Å². The molecule has 3 heterocycles. The maximum atomic E-state index is 11.1. The first-order chi connectivity index (χ1) is 5.93. The lowest BCUT2D eigenvalue weighted by Gasteiger charge is -2.35. The summed E-state index contributed by atoms with van der Waals surface area (Å²) >= 11 is 0. The highest BCUT2D eigenvalue weighted by atomic mass is 31.2. The highest BCUT2D eigenvalue weighted by Gasteiger charge is 2.79. The molecule has 0 aromatic carbocycles. The Bertz CT molecular complexity index is 264. The van der Waals surface area contributed by atoms with Gasteiger partial charge in [0.15, 0.2) is 0 Å². The van der Waals surface area contributed by atoms with Gasteiger partial charge in [0, 0.05) is 6.42 Å². The van der Waals surface area contributed by atoms with Crippen molar-refractivity contribution in [3.05, 3.63) is 0 Å². The number of hydrogen-bond donors (Lipinski definition) is 2. The molecule has 0 radical (unpaired) electrons. The van der Waals surface area contributed by atoms with Crippen molar-refractivity contribution in [2.24, 2.45) is 0 Å². The fourth-order valence-corrected chi connectivity index (χ4v) is 3.10. The lowest BCUT2D eigenvalue weighted by molar-refractivity contribution is -0.381. The largest absolute Gasteiger partial charge is 0.485 e. The molecule has 3 saturated heterocycles. The lowest BCUT2D eigenvalue weighted by Crippen LogP contribution is -2.53. The standard InChI is InChI=1S/C6H11O6P/c1-2-3-4-5-6(7,8)12-13(9,10-5)11-5/h7-8H,2-4H2,1H3. The maximum absolute atomic E-state index is 11.1. The van der Waals surface area contributed by atoms with Crippen LogP contribution >= 0.6 is 7.82 Å². The van der Waals surface area contributed by atoms with Crippen molar-refractivity contribution < 1.29 is 28.3 Å². The minimum Gasteiger partial charge on any atom is -0.339 e. The van der Waals surface area contributed by atoms with Crippen LogP contribution in [0.3, 0.4) is 0 Å². The molecule has 2 N–H and O–H groups in total. The fraction of sp³-hybridized carbons (Fsp3) is 1.00. The van der Waals surface area contributed by atoms with E-state index in [1.807, 2.05) is 6.92 Å². The first-order valence-electron chi connectivity index (χ1n) is 4.10. The van der Waals surface area contributed by atoms with Crippen LogP contribution in [0.15, 0.2) is 0 Å². The van der Waals surface area contributed by atoms with Gasteiger partial charge in [-0.25, -0.2) is 18.1 Å². The van der Waals surface area contributed by atoms with E-state index >= 15 is 0 Å². The fourth-order valence-electron chi connectivity index (χ4n) is 1.41. The Morgan fingerprint density at radius 3 is 2.31 bits per heavy atom. The minimum atomic E-state index is -3.63. The summed E-state index contributed by atoms with van der Waals surface area (Å²) in [6.07, 6.45) is 1.77. The van der Waals surface area contributed by atoms with Gasteiger partial charge in [0.1, 0.15) is 0 Å². The van der Waals surface area contributed by atoms with Gasteiger partial charge in [-0.3, -0.25) is 0 Å². The van der Waals surface area contributed by atoms with E-state index in [0.29, 0.717) is 6.42 Å². The zero-order chi connectivity index (χ0) is 9.74. The first-order valence-corrected chi connectivity index (χ1v) is 5.56. The maximum Gasteiger partial charge on any atom is 0.485 e.